The van der Waals surface area contributed by atoms with Gasteiger partial charge in [0.2, 0.25) is 0 Å². The molecule has 1 unspecified atom stereocenters. The van der Waals surface area contributed by atoms with Crippen LogP contribution in [0.5, 0.6) is 5.75 Å². The second kappa shape index (κ2) is 19.9. The van der Waals surface area contributed by atoms with Crippen molar-refractivity contribution in [3.63, 3.8) is 0 Å². The van der Waals surface area contributed by atoms with E-state index in [0.29, 0.717) is 41.5 Å². The van der Waals surface area contributed by atoms with Crippen molar-refractivity contribution in [1.82, 2.24) is 20.3 Å². The lowest BCUT2D eigenvalue weighted by Gasteiger charge is -2.31. The van der Waals surface area contributed by atoms with E-state index in [1.165, 1.54) is 37.4 Å². The first-order chi connectivity index (χ1) is 27.3. The van der Waals surface area contributed by atoms with E-state index in [2.05, 4.69) is 26.3 Å². The summed E-state index contributed by atoms with van der Waals surface area (Å²) in [6.07, 6.45) is 7.21. The predicted octanol–water partition coefficient (Wildman–Crippen LogP) is 7.45. The number of carbonyl (C=O) groups excluding carboxylic acids is 2. The van der Waals surface area contributed by atoms with Gasteiger partial charge in [-0.05, 0) is 130 Å². The zero-order chi connectivity index (χ0) is 41.0. The topological polar surface area (TPSA) is 150 Å². The fourth-order valence-electron chi connectivity index (χ4n) is 7.16. The van der Waals surface area contributed by atoms with Crippen molar-refractivity contribution in [2.75, 3.05) is 34.3 Å². The Bertz CT molecular complexity index is 2160. The third-order valence-electron chi connectivity index (χ3n) is 10.1. The van der Waals surface area contributed by atoms with E-state index < -0.39 is 21.7 Å². The predicted molar refractivity (Wildman–Crippen MR) is 217 cm³/mol. The van der Waals surface area contributed by atoms with Gasteiger partial charge in [-0.3, -0.25) is 4.79 Å². The molecule has 1 saturated carbocycles. The third-order valence-corrected chi connectivity index (χ3v) is 11.7. The number of rotatable bonds is 13. The van der Waals surface area contributed by atoms with Crippen LogP contribution in [0.15, 0.2) is 89.8 Å². The van der Waals surface area contributed by atoms with E-state index in [9.17, 15) is 22.4 Å². The van der Waals surface area contributed by atoms with Gasteiger partial charge in [0.05, 0.1) is 35.8 Å². The van der Waals surface area contributed by atoms with Gasteiger partial charge in [0.1, 0.15) is 17.2 Å². The molecular weight excluding hydrogens is 769 g/mol. The molecule has 1 aliphatic carbocycles. The maximum atomic E-state index is 13.4. The number of hydrogen-bond acceptors (Lipinski definition) is 8. The molecular formula is C43H49ClFN5O6S. The van der Waals surface area contributed by atoms with Gasteiger partial charge in [-0.15, -0.1) is 0 Å². The Balaban J connectivity index is 0.000000228. The van der Waals surface area contributed by atoms with Crippen LogP contribution in [0.2, 0.25) is 5.02 Å². The van der Waals surface area contributed by atoms with Crippen molar-refractivity contribution in [2.45, 2.75) is 74.5 Å². The number of nitrogens with zero attached hydrogens (tertiary/aromatic N) is 2. The maximum Gasteiger partial charge on any atom is 0.328 e. The molecule has 302 valence electrons. The van der Waals surface area contributed by atoms with E-state index >= 15 is 0 Å². The molecule has 3 amide bonds. The fourth-order valence-corrected chi connectivity index (χ4v) is 8.25. The number of fused-ring (bicyclic) bond motifs is 1. The minimum absolute atomic E-state index is 0.00209. The summed E-state index contributed by atoms with van der Waals surface area (Å²) >= 11 is 5.96. The average molecular weight is 818 g/mol. The first kappa shape index (κ1) is 43.1. The summed E-state index contributed by atoms with van der Waals surface area (Å²) < 4.78 is 51.9. The number of nitriles is 1. The monoisotopic (exact) mass is 817 g/mol. The summed E-state index contributed by atoms with van der Waals surface area (Å²) in [6.45, 7) is 1.77. The quantitative estimate of drug-likeness (QED) is 0.126. The minimum Gasteiger partial charge on any atom is -0.496 e. The molecule has 57 heavy (non-hydrogen) atoms. The largest absolute Gasteiger partial charge is 0.496 e. The number of hydrogen-bond donors (Lipinski definition) is 3. The molecule has 0 radical (unpaired) electrons. The lowest BCUT2D eigenvalue weighted by molar-refractivity contribution is -0.0140. The van der Waals surface area contributed by atoms with Crippen molar-refractivity contribution in [3.05, 3.63) is 129 Å². The summed E-state index contributed by atoms with van der Waals surface area (Å²) in [5.74, 6) is -0.145. The molecule has 0 bridgehead atoms. The molecule has 14 heteroatoms. The van der Waals surface area contributed by atoms with Crippen LogP contribution in [-0.2, 0) is 33.4 Å². The Morgan fingerprint density at radius 3 is 2.39 bits per heavy atom. The number of halogens is 2. The van der Waals surface area contributed by atoms with Crippen molar-refractivity contribution in [2.24, 2.45) is 0 Å². The van der Waals surface area contributed by atoms with E-state index in [1.54, 1.807) is 36.4 Å². The summed E-state index contributed by atoms with van der Waals surface area (Å²) in [6, 6.07) is 24.7. The molecule has 0 aromatic heterocycles. The van der Waals surface area contributed by atoms with E-state index in [1.807, 2.05) is 32.3 Å². The maximum absolute atomic E-state index is 13.4. The van der Waals surface area contributed by atoms with Crippen LogP contribution in [0.4, 0.5) is 9.18 Å². The van der Waals surface area contributed by atoms with Gasteiger partial charge in [-0.2, -0.15) is 5.26 Å². The molecule has 1 aliphatic heterocycles. The first-order valence-corrected chi connectivity index (χ1v) is 20.8. The molecule has 1 atom stereocenters. The number of nitrogens with one attached hydrogen (secondary N) is 3. The smallest absolute Gasteiger partial charge is 0.328 e. The van der Waals surface area contributed by atoms with E-state index in [4.69, 9.17) is 26.3 Å². The second-order valence-corrected chi connectivity index (χ2v) is 16.5. The van der Waals surface area contributed by atoms with Gasteiger partial charge in [-0.25, -0.2) is 22.3 Å². The first-order valence-electron chi connectivity index (χ1n) is 19.0. The zero-order valence-electron chi connectivity index (χ0n) is 32.4. The van der Waals surface area contributed by atoms with Crippen LogP contribution in [0.1, 0.15) is 83.1 Å². The van der Waals surface area contributed by atoms with Gasteiger partial charge in [-0.1, -0.05) is 61.2 Å². The van der Waals surface area contributed by atoms with Crippen LogP contribution >= 0.6 is 11.6 Å². The number of sulfonamides is 1. The van der Waals surface area contributed by atoms with Gasteiger partial charge >= 0.3 is 6.03 Å². The summed E-state index contributed by atoms with van der Waals surface area (Å²) in [7, 11) is 1.61. The molecule has 2 aliphatic rings. The summed E-state index contributed by atoms with van der Waals surface area (Å²) in [4.78, 5) is 26.7. The van der Waals surface area contributed by atoms with E-state index in [0.717, 1.165) is 73.7 Å². The van der Waals surface area contributed by atoms with Gasteiger partial charge in [0.15, 0.2) is 0 Å². The molecule has 0 spiro atoms. The number of urea groups is 1. The number of benzene rings is 4. The van der Waals surface area contributed by atoms with Crippen molar-refractivity contribution < 1.29 is 31.9 Å². The molecule has 3 N–H and O–H groups in total. The lowest BCUT2D eigenvalue weighted by Crippen LogP contribution is -2.45. The standard InChI is InChI=1S/C23H28ClN3O5S.C20H21FN2O/c1-32-21-12-9-17(24)15-20(21)22(28)25-14-13-16-7-10-19(11-8-16)33(30,31)27-23(29)26-18-5-3-2-4-6-18;1-23(2)11-3-10-20(17-5-7-18(21)8-6-17)19-9-4-15(13-22)12-16(19)14-24-20/h7-12,15,18H,2-6,13-14H2,1H3,(H,25,28)(H2,26,27,29);4-9,12H,3,10-11,14H2,1-2H3. The van der Waals surface area contributed by atoms with Gasteiger partial charge < -0.3 is 25.0 Å². The summed E-state index contributed by atoms with van der Waals surface area (Å²) in [5, 5.41) is 15.1. The highest BCUT2D eigenvalue weighted by atomic mass is 35.5. The average Bonchev–Trinajstić information content (AvgIpc) is 3.57. The molecule has 6 rings (SSSR count). The Morgan fingerprint density at radius 2 is 1.72 bits per heavy atom. The van der Waals surface area contributed by atoms with Crippen molar-refractivity contribution in [3.8, 4) is 11.8 Å². The number of methoxy groups -OCH3 is 1. The minimum atomic E-state index is -3.97. The highest BCUT2D eigenvalue weighted by molar-refractivity contribution is 7.90. The fraction of sp³-hybridized carbons (Fsp3) is 0.372. The van der Waals surface area contributed by atoms with Crippen LogP contribution < -0.4 is 20.1 Å². The second-order valence-electron chi connectivity index (χ2n) is 14.4. The van der Waals surface area contributed by atoms with Crippen LogP contribution in [0.3, 0.4) is 0 Å². The molecule has 0 saturated heterocycles. The molecule has 1 heterocycles. The van der Waals surface area contributed by atoms with Crippen LogP contribution in [0, 0.1) is 17.1 Å². The Morgan fingerprint density at radius 1 is 1.00 bits per heavy atom. The van der Waals surface area contributed by atoms with Crippen molar-refractivity contribution in [1.29, 1.82) is 5.26 Å². The Labute approximate surface area is 339 Å². The third kappa shape index (κ3) is 11.5. The van der Waals surface area contributed by atoms with Crippen molar-refractivity contribution >= 4 is 33.6 Å². The Hall–Kier alpha value is -5.00. The molecule has 4 aromatic rings. The Kier molecular flexibility index (Phi) is 15.1. The number of ether oxygens (including phenoxy) is 2. The SMILES string of the molecule is CN(C)CCCC1(c2ccc(F)cc2)OCc2cc(C#N)ccc21.COc1ccc(Cl)cc1C(=O)NCCc1ccc(S(=O)(=O)NC(=O)NC2CCCCC2)cc1. The van der Waals surface area contributed by atoms with Crippen LogP contribution in [-0.4, -0.2) is 65.6 Å². The van der Waals surface area contributed by atoms with E-state index in [-0.39, 0.29) is 22.7 Å². The number of amides is 3. The highest BCUT2D eigenvalue weighted by Gasteiger charge is 2.41. The van der Waals surface area contributed by atoms with Gasteiger partial charge in [0, 0.05) is 17.6 Å². The highest BCUT2D eigenvalue weighted by Crippen LogP contribution is 2.45. The normalized spacial score (nSPS) is 16.4. The zero-order valence-corrected chi connectivity index (χ0v) is 34.0. The van der Waals surface area contributed by atoms with Crippen LogP contribution in [0.25, 0.3) is 0 Å². The lowest BCUT2D eigenvalue weighted by atomic mass is 9.81. The molecule has 11 nitrogen and oxygen atoms in total. The molecule has 1 fully saturated rings. The summed E-state index contributed by atoms with van der Waals surface area (Å²) in [5.41, 5.74) is 4.34. The number of carbonyl (C=O) groups is 2. The molecule has 4 aromatic carbocycles. The van der Waals surface area contributed by atoms with Gasteiger partial charge in [0.25, 0.3) is 15.9 Å².